The lowest BCUT2D eigenvalue weighted by Gasteiger charge is -2.05. The summed E-state index contributed by atoms with van der Waals surface area (Å²) in [5.74, 6) is -0.503. The van der Waals surface area contributed by atoms with Gasteiger partial charge >= 0.3 is 11.9 Å². The van der Waals surface area contributed by atoms with E-state index in [1.807, 2.05) is 49.4 Å². The first-order valence-corrected chi connectivity index (χ1v) is 9.06. The second-order valence-corrected chi connectivity index (χ2v) is 6.57. The van der Waals surface area contributed by atoms with Crippen LogP contribution in [0, 0.1) is 6.92 Å². The predicted octanol–water partition coefficient (Wildman–Crippen LogP) is 4.56. The van der Waals surface area contributed by atoms with Crippen LogP contribution in [0.15, 0.2) is 89.6 Å². The number of hydrogen-bond donors (Lipinski definition) is 0. The van der Waals surface area contributed by atoms with Gasteiger partial charge in [-0.15, -0.1) is 0 Å². The quantitative estimate of drug-likeness (QED) is 0.287. The Morgan fingerprint density at radius 1 is 0.931 bits per heavy atom. The summed E-state index contributed by atoms with van der Waals surface area (Å²) in [5.41, 5.74) is 3.99. The molecule has 0 fully saturated rings. The number of nitrogens with zero attached hydrogens (tertiary/aromatic N) is 1. The van der Waals surface area contributed by atoms with E-state index in [9.17, 15) is 9.59 Å². The standard InChI is InChI=1S/C24H17NO4/c1-16-7-11-19(12-8-16)23(26)28-20-13-9-17(10-14-20)15-21-22(25-29-24(21)27)18-5-3-2-4-6-18/h2-15H,1H3/b21-15+. The van der Waals surface area contributed by atoms with Gasteiger partial charge in [-0.25, -0.2) is 9.59 Å². The minimum Gasteiger partial charge on any atom is -0.423 e. The van der Waals surface area contributed by atoms with Gasteiger partial charge in [0.25, 0.3) is 0 Å². The van der Waals surface area contributed by atoms with E-state index in [2.05, 4.69) is 5.16 Å². The third kappa shape index (κ3) is 4.14. The zero-order chi connectivity index (χ0) is 20.2. The molecule has 4 rings (SSSR count). The van der Waals surface area contributed by atoms with Gasteiger partial charge in [-0.2, -0.15) is 0 Å². The number of oxime groups is 1. The molecule has 1 aliphatic heterocycles. The van der Waals surface area contributed by atoms with Gasteiger partial charge in [-0.05, 0) is 42.8 Å². The Kier molecular flexibility index (Phi) is 5.03. The molecule has 0 amide bonds. The minimum absolute atomic E-state index is 0.376. The molecule has 0 saturated carbocycles. The van der Waals surface area contributed by atoms with Crippen LogP contribution in [0.1, 0.15) is 27.0 Å². The highest BCUT2D eigenvalue weighted by atomic mass is 16.7. The van der Waals surface area contributed by atoms with E-state index in [-0.39, 0.29) is 0 Å². The molecule has 0 aliphatic carbocycles. The van der Waals surface area contributed by atoms with Gasteiger partial charge in [-0.3, -0.25) is 0 Å². The number of aryl methyl sites for hydroxylation is 1. The van der Waals surface area contributed by atoms with Crippen LogP contribution in [0.3, 0.4) is 0 Å². The number of rotatable bonds is 4. The van der Waals surface area contributed by atoms with Crippen LogP contribution in [0.5, 0.6) is 5.75 Å². The normalized spacial score (nSPS) is 14.4. The zero-order valence-corrected chi connectivity index (χ0v) is 15.7. The lowest BCUT2D eigenvalue weighted by molar-refractivity contribution is -0.136. The van der Waals surface area contributed by atoms with Crippen LogP contribution < -0.4 is 4.74 Å². The average Bonchev–Trinajstić information content (AvgIpc) is 3.11. The van der Waals surface area contributed by atoms with Crippen LogP contribution in [0.4, 0.5) is 0 Å². The number of esters is 1. The first-order chi connectivity index (χ1) is 14.1. The van der Waals surface area contributed by atoms with Gasteiger partial charge in [0.05, 0.1) is 11.1 Å². The monoisotopic (exact) mass is 383 g/mol. The number of benzene rings is 3. The Balaban J connectivity index is 1.51. The van der Waals surface area contributed by atoms with Crippen LogP contribution in [0.25, 0.3) is 6.08 Å². The summed E-state index contributed by atoms with van der Waals surface area (Å²) in [6.07, 6.45) is 1.70. The molecule has 3 aromatic carbocycles. The number of carbonyl (C=O) groups is 2. The van der Waals surface area contributed by atoms with E-state index < -0.39 is 11.9 Å². The summed E-state index contributed by atoms with van der Waals surface area (Å²) in [4.78, 5) is 29.2. The first-order valence-electron chi connectivity index (χ1n) is 9.06. The Bertz CT molecular complexity index is 1110. The third-order valence-electron chi connectivity index (χ3n) is 4.43. The fourth-order valence-corrected chi connectivity index (χ4v) is 2.87. The summed E-state index contributed by atoms with van der Waals surface area (Å²) in [6, 6.07) is 23.4. The summed E-state index contributed by atoms with van der Waals surface area (Å²) in [6.45, 7) is 1.95. The van der Waals surface area contributed by atoms with Gasteiger partial charge < -0.3 is 9.57 Å². The Hall–Kier alpha value is -3.99. The molecule has 0 saturated heterocycles. The van der Waals surface area contributed by atoms with Gasteiger partial charge in [0.2, 0.25) is 0 Å². The molecule has 29 heavy (non-hydrogen) atoms. The minimum atomic E-state index is -0.501. The van der Waals surface area contributed by atoms with Gasteiger partial charge in [-0.1, -0.05) is 65.3 Å². The summed E-state index contributed by atoms with van der Waals surface area (Å²) in [5, 5.41) is 3.89. The van der Waals surface area contributed by atoms with Crippen molar-refractivity contribution in [2.24, 2.45) is 5.16 Å². The molecular weight excluding hydrogens is 366 g/mol. The predicted molar refractivity (Wildman–Crippen MR) is 110 cm³/mol. The zero-order valence-electron chi connectivity index (χ0n) is 15.7. The van der Waals surface area contributed by atoms with Crippen LogP contribution in [-0.2, 0) is 9.63 Å². The van der Waals surface area contributed by atoms with Crippen LogP contribution in [-0.4, -0.2) is 17.7 Å². The van der Waals surface area contributed by atoms with E-state index in [1.54, 1.807) is 42.5 Å². The van der Waals surface area contributed by atoms with Crippen molar-refractivity contribution in [1.82, 2.24) is 0 Å². The van der Waals surface area contributed by atoms with E-state index >= 15 is 0 Å². The SMILES string of the molecule is Cc1ccc(C(=O)Oc2ccc(/C=C3/C(=O)ON=C3c3ccccc3)cc2)cc1. The molecule has 1 heterocycles. The molecule has 0 spiro atoms. The van der Waals surface area contributed by atoms with E-state index in [0.717, 1.165) is 16.7 Å². The van der Waals surface area contributed by atoms with Crippen LogP contribution in [0.2, 0.25) is 0 Å². The average molecular weight is 383 g/mol. The second-order valence-electron chi connectivity index (χ2n) is 6.57. The van der Waals surface area contributed by atoms with Crippen molar-refractivity contribution in [3.05, 3.63) is 107 Å². The second kappa shape index (κ2) is 7.94. The maximum Gasteiger partial charge on any atom is 0.368 e. The Morgan fingerprint density at radius 3 is 2.31 bits per heavy atom. The van der Waals surface area contributed by atoms with Crippen molar-refractivity contribution in [3.63, 3.8) is 0 Å². The van der Waals surface area contributed by atoms with Gasteiger partial charge in [0.15, 0.2) is 0 Å². The maximum absolute atomic E-state index is 12.2. The van der Waals surface area contributed by atoms with Crippen molar-refractivity contribution >= 4 is 23.7 Å². The fourth-order valence-electron chi connectivity index (χ4n) is 2.87. The summed E-state index contributed by atoms with van der Waals surface area (Å²) < 4.78 is 5.40. The lowest BCUT2D eigenvalue weighted by atomic mass is 10.0. The Labute approximate surface area is 167 Å². The van der Waals surface area contributed by atoms with E-state index in [4.69, 9.17) is 9.57 Å². The van der Waals surface area contributed by atoms with Crippen LogP contribution >= 0.6 is 0 Å². The molecule has 142 valence electrons. The molecular formula is C24H17NO4. The van der Waals surface area contributed by atoms with Gasteiger partial charge in [0.1, 0.15) is 11.5 Å². The summed E-state index contributed by atoms with van der Waals surface area (Å²) in [7, 11) is 0. The number of carbonyl (C=O) groups excluding carboxylic acids is 2. The lowest BCUT2D eigenvalue weighted by Crippen LogP contribution is -2.08. The maximum atomic E-state index is 12.2. The molecule has 0 aromatic heterocycles. The smallest absolute Gasteiger partial charge is 0.368 e. The van der Waals surface area contributed by atoms with E-state index in [1.165, 1.54) is 0 Å². The Morgan fingerprint density at radius 2 is 1.62 bits per heavy atom. The van der Waals surface area contributed by atoms with Crippen molar-refractivity contribution in [1.29, 1.82) is 0 Å². The highest BCUT2D eigenvalue weighted by molar-refractivity contribution is 6.31. The number of ether oxygens (including phenoxy) is 1. The molecule has 3 aromatic rings. The highest BCUT2D eigenvalue weighted by Crippen LogP contribution is 2.22. The topological polar surface area (TPSA) is 65.0 Å². The molecule has 0 unspecified atom stereocenters. The molecule has 0 bridgehead atoms. The molecule has 5 heteroatoms. The molecule has 0 N–H and O–H groups in total. The first kappa shape index (κ1) is 18.4. The molecule has 0 radical (unpaired) electrons. The summed E-state index contributed by atoms with van der Waals surface area (Å²) >= 11 is 0. The van der Waals surface area contributed by atoms with Crippen molar-refractivity contribution in [2.75, 3.05) is 0 Å². The van der Waals surface area contributed by atoms with Crippen molar-refractivity contribution in [3.8, 4) is 5.75 Å². The van der Waals surface area contributed by atoms with Gasteiger partial charge in [0, 0.05) is 5.56 Å². The third-order valence-corrected chi connectivity index (χ3v) is 4.43. The largest absolute Gasteiger partial charge is 0.423 e. The fraction of sp³-hybridized carbons (Fsp3) is 0.0417. The van der Waals surface area contributed by atoms with E-state index in [0.29, 0.717) is 22.6 Å². The molecule has 5 nitrogen and oxygen atoms in total. The molecule has 0 atom stereocenters. The highest BCUT2D eigenvalue weighted by Gasteiger charge is 2.26. The molecule has 1 aliphatic rings. The van der Waals surface area contributed by atoms with Crippen molar-refractivity contribution < 1.29 is 19.2 Å². The van der Waals surface area contributed by atoms with Crippen molar-refractivity contribution in [2.45, 2.75) is 6.92 Å². The number of hydrogen-bond acceptors (Lipinski definition) is 5.